The van der Waals surface area contributed by atoms with Crippen LogP contribution in [0.5, 0.6) is 6.01 Å². The lowest BCUT2D eigenvalue weighted by molar-refractivity contribution is 0.312. The number of aromatic nitrogens is 3. The van der Waals surface area contributed by atoms with Crippen molar-refractivity contribution in [2.24, 2.45) is 0 Å². The smallest absolute Gasteiger partial charge is 0.337 e. The van der Waals surface area contributed by atoms with Crippen LogP contribution in [0.1, 0.15) is 6.92 Å². The van der Waals surface area contributed by atoms with E-state index in [0.29, 0.717) is 12.3 Å². The SMILES string of the molecule is CCOc1nc(N)n(-c2ccc(Cl)c(F)c2)n1. The predicted molar refractivity (Wildman–Crippen MR) is 61.9 cm³/mol. The van der Waals surface area contributed by atoms with Crippen LogP contribution in [-0.2, 0) is 0 Å². The average Bonchev–Trinajstić information content (AvgIpc) is 2.64. The lowest BCUT2D eigenvalue weighted by atomic mass is 10.3. The van der Waals surface area contributed by atoms with Gasteiger partial charge in [0.05, 0.1) is 17.3 Å². The first-order valence-corrected chi connectivity index (χ1v) is 5.30. The molecule has 2 aromatic rings. The third kappa shape index (κ3) is 2.31. The van der Waals surface area contributed by atoms with E-state index >= 15 is 0 Å². The summed E-state index contributed by atoms with van der Waals surface area (Å²) in [7, 11) is 0. The molecular formula is C10H10ClFN4O. The summed E-state index contributed by atoms with van der Waals surface area (Å²) in [5.41, 5.74) is 6.08. The molecule has 0 aliphatic heterocycles. The largest absolute Gasteiger partial charge is 0.463 e. The normalized spacial score (nSPS) is 10.5. The summed E-state index contributed by atoms with van der Waals surface area (Å²) >= 11 is 5.59. The Morgan fingerprint density at radius 2 is 2.29 bits per heavy atom. The number of rotatable bonds is 3. The molecule has 0 unspecified atom stereocenters. The Morgan fingerprint density at radius 3 is 2.94 bits per heavy atom. The second-order valence-electron chi connectivity index (χ2n) is 3.20. The first-order valence-electron chi connectivity index (χ1n) is 4.92. The van der Waals surface area contributed by atoms with E-state index < -0.39 is 5.82 Å². The number of halogens is 2. The maximum atomic E-state index is 13.3. The first kappa shape index (κ1) is 11.7. The maximum Gasteiger partial charge on any atom is 0.337 e. The molecule has 0 saturated heterocycles. The standard InChI is InChI=1S/C10H10ClFN4O/c1-2-17-10-14-9(13)16(15-10)6-3-4-7(11)8(12)5-6/h3-5H,2H2,1H3,(H2,13,14,15). The van der Waals surface area contributed by atoms with Crippen LogP contribution >= 0.6 is 11.6 Å². The fraction of sp³-hybridized carbons (Fsp3) is 0.200. The number of nitrogen functional groups attached to an aromatic ring is 1. The van der Waals surface area contributed by atoms with Crippen LogP contribution in [0, 0.1) is 5.82 Å². The third-order valence-corrected chi connectivity index (χ3v) is 2.34. The number of ether oxygens (including phenoxy) is 1. The van der Waals surface area contributed by atoms with Gasteiger partial charge in [-0.25, -0.2) is 4.39 Å². The van der Waals surface area contributed by atoms with Gasteiger partial charge in [-0.2, -0.15) is 9.67 Å². The Hall–Kier alpha value is -1.82. The van der Waals surface area contributed by atoms with Gasteiger partial charge in [0.1, 0.15) is 5.82 Å². The summed E-state index contributed by atoms with van der Waals surface area (Å²) in [6.45, 7) is 2.23. The Bertz CT molecular complexity index is 543. The topological polar surface area (TPSA) is 66.0 Å². The number of nitrogens with zero attached hydrogens (tertiary/aromatic N) is 3. The molecule has 2 rings (SSSR count). The monoisotopic (exact) mass is 256 g/mol. The van der Waals surface area contributed by atoms with E-state index in [1.807, 2.05) is 0 Å². The van der Waals surface area contributed by atoms with E-state index in [-0.39, 0.29) is 17.0 Å². The highest BCUT2D eigenvalue weighted by Crippen LogP contribution is 2.20. The van der Waals surface area contributed by atoms with Crippen molar-refractivity contribution in [3.05, 3.63) is 29.0 Å². The van der Waals surface area contributed by atoms with E-state index in [0.717, 1.165) is 0 Å². The highest BCUT2D eigenvalue weighted by Gasteiger charge is 2.11. The van der Waals surface area contributed by atoms with Crippen LogP contribution in [0.25, 0.3) is 5.69 Å². The summed E-state index contributed by atoms with van der Waals surface area (Å²) in [4.78, 5) is 3.88. The zero-order valence-corrected chi connectivity index (χ0v) is 9.78. The number of hydrogen-bond donors (Lipinski definition) is 1. The van der Waals surface area contributed by atoms with Gasteiger partial charge < -0.3 is 10.5 Å². The van der Waals surface area contributed by atoms with Crippen LogP contribution in [0.4, 0.5) is 10.3 Å². The Morgan fingerprint density at radius 1 is 1.53 bits per heavy atom. The molecule has 17 heavy (non-hydrogen) atoms. The molecule has 7 heteroatoms. The summed E-state index contributed by atoms with van der Waals surface area (Å²) < 4.78 is 19.7. The Labute approximate surface area is 102 Å². The number of nitrogens with two attached hydrogens (primary N) is 1. The van der Waals surface area contributed by atoms with Crippen molar-refractivity contribution >= 4 is 17.5 Å². The molecule has 0 spiro atoms. The Balaban J connectivity index is 2.41. The predicted octanol–water partition coefficient (Wildman–Crippen LogP) is 2.04. The third-order valence-electron chi connectivity index (χ3n) is 2.03. The van der Waals surface area contributed by atoms with Crippen LogP contribution < -0.4 is 10.5 Å². The molecule has 5 nitrogen and oxygen atoms in total. The second-order valence-corrected chi connectivity index (χ2v) is 3.60. The van der Waals surface area contributed by atoms with Crippen molar-refractivity contribution in [1.29, 1.82) is 0 Å². The van der Waals surface area contributed by atoms with E-state index in [2.05, 4.69) is 10.1 Å². The molecule has 0 saturated carbocycles. The van der Waals surface area contributed by atoms with Crippen molar-refractivity contribution in [3.8, 4) is 11.7 Å². The number of benzene rings is 1. The molecule has 90 valence electrons. The van der Waals surface area contributed by atoms with Gasteiger partial charge >= 0.3 is 6.01 Å². The minimum atomic E-state index is -0.544. The zero-order valence-electron chi connectivity index (χ0n) is 9.02. The van der Waals surface area contributed by atoms with E-state index in [1.165, 1.54) is 16.8 Å². The fourth-order valence-corrected chi connectivity index (χ4v) is 1.42. The molecular weight excluding hydrogens is 247 g/mol. The van der Waals surface area contributed by atoms with Crippen molar-refractivity contribution in [3.63, 3.8) is 0 Å². The molecule has 1 aromatic carbocycles. The maximum absolute atomic E-state index is 13.3. The van der Waals surface area contributed by atoms with Gasteiger partial charge in [0.25, 0.3) is 0 Å². The fourth-order valence-electron chi connectivity index (χ4n) is 1.30. The van der Waals surface area contributed by atoms with Gasteiger partial charge in [-0.1, -0.05) is 11.6 Å². The molecule has 0 amide bonds. The van der Waals surface area contributed by atoms with Crippen LogP contribution in [0.15, 0.2) is 18.2 Å². The van der Waals surface area contributed by atoms with E-state index in [4.69, 9.17) is 22.1 Å². The second kappa shape index (κ2) is 4.58. The van der Waals surface area contributed by atoms with Crippen molar-refractivity contribution < 1.29 is 9.13 Å². The average molecular weight is 257 g/mol. The highest BCUT2D eigenvalue weighted by molar-refractivity contribution is 6.30. The van der Waals surface area contributed by atoms with Crippen LogP contribution in [0.3, 0.4) is 0 Å². The molecule has 0 bridgehead atoms. The molecule has 0 aliphatic carbocycles. The van der Waals surface area contributed by atoms with Gasteiger partial charge in [0, 0.05) is 6.07 Å². The van der Waals surface area contributed by atoms with Crippen LogP contribution in [0.2, 0.25) is 5.02 Å². The van der Waals surface area contributed by atoms with E-state index in [1.54, 1.807) is 13.0 Å². The van der Waals surface area contributed by atoms with E-state index in [9.17, 15) is 4.39 Å². The summed E-state index contributed by atoms with van der Waals surface area (Å²) in [5.74, 6) is -0.424. The highest BCUT2D eigenvalue weighted by atomic mass is 35.5. The summed E-state index contributed by atoms with van der Waals surface area (Å²) in [6.07, 6.45) is 0. The quantitative estimate of drug-likeness (QED) is 0.913. The van der Waals surface area contributed by atoms with Crippen LogP contribution in [-0.4, -0.2) is 21.4 Å². The lowest BCUT2D eigenvalue weighted by Gasteiger charge is -2.02. The number of hydrogen-bond acceptors (Lipinski definition) is 4. The van der Waals surface area contributed by atoms with Gasteiger partial charge in [-0.3, -0.25) is 0 Å². The zero-order chi connectivity index (χ0) is 12.4. The lowest BCUT2D eigenvalue weighted by Crippen LogP contribution is -2.02. The minimum Gasteiger partial charge on any atom is -0.463 e. The van der Waals surface area contributed by atoms with Gasteiger partial charge in [-0.15, -0.1) is 5.10 Å². The van der Waals surface area contributed by atoms with Crippen molar-refractivity contribution in [1.82, 2.24) is 14.8 Å². The molecule has 1 aromatic heterocycles. The molecule has 0 atom stereocenters. The van der Waals surface area contributed by atoms with Gasteiger partial charge in [0.15, 0.2) is 0 Å². The molecule has 0 fully saturated rings. The number of anilines is 1. The molecule has 1 heterocycles. The Kier molecular flexibility index (Phi) is 3.14. The summed E-state index contributed by atoms with van der Waals surface area (Å²) in [6, 6.07) is 4.39. The summed E-state index contributed by atoms with van der Waals surface area (Å²) in [5, 5.41) is 4.03. The molecule has 0 aliphatic rings. The molecule has 0 radical (unpaired) electrons. The van der Waals surface area contributed by atoms with Gasteiger partial charge in [-0.05, 0) is 19.1 Å². The molecule has 2 N–H and O–H groups in total. The van der Waals surface area contributed by atoms with Gasteiger partial charge in [0.2, 0.25) is 5.95 Å². The minimum absolute atomic E-state index is 0.0393. The van der Waals surface area contributed by atoms with Crippen molar-refractivity contribution in [2.75, 3.05) is 12.3 Å². The first-order chi connectivity index (χ1) is 8.11. The van der Waals surface area contributed by atoms with Crippen molar-refractivity contribution in [2.45, 2.75) is 6.92 Å².